The molecule has 0 aromatic rings. The minimum absolute atomic E-state index is 0. The second-order valence-corrected chi connectivity index (χ2v) is 2.81. The van der Waals surface area contributed by atoms with Gasteiger partial charge in [0.15, 0.2) is 6.29 Å². The normalized spacial score (nSPS) is 45.5. The molecule has 1 saturated heterocycles. The fourth-order valence-electron chi connectivity index (χ4n) is 1.12. The summed E-state index contributed by atoms with van der Waals surface area (Å²) < 4.78 is 4.70. The Hall–Kier alpha value is 0.760. The van der Waals surface area contributed by atoms with Gasteiger partial charge in [0, 0.05) is 0 Å². The van der Waals surface area contributed by atoms with Gasteiger partial charge >= 0.3 is 29.6 Å². The van der Waals surface area contributed by atoms with E-state index in [1.807, 2.05) is 0 Å². The van der Waals surface area contributed by atoms with Gasteiger partial charge in [0.1, 0.15) is 18.3 Å². The van der Waals surface area contributed by atoms with Gasteiger partial charge in [-0.3, -0.25) is 0 Å². The summed E-state index contributed by atoms with van der Waals surface area (Å²) in [6, 6.07) is -1.04. The summed E-state index contributed by atoms with van der Waals surface area (Å²) in [7, 11) is 0. The first-order valence-electron chi connectivity index (χ1n) is 3.64. The number of nitrogens with two attached hydrogens (primary N) is 1. The maximum absolute atomic E-state index is 9.20. The molecule has 0 amide bonds. The van der Waals surface area contributed by atoms with Crippen LogP contribution in [0.1, 0.15) is 1.43 Å². The van der Waals surface area contributed by atoms with Crippen molar-refractivity contribution in [3.8, 4) is 0 Å². The van der Waals surface area contributed by atoms with Crippen molar-refractivity contribution in [2.45, 2.75) is 30.6 Å². The monoisotopic (exact) mass is 203 g/mol. The fraction of sp³-hybridized carbons (Fsp3) is 1.00. The summed E-state index contributed by atoms with van der Waals surface area (Å²) in [6.45, 7) is -0.470. The average molecular weight is 203 g/mol. The third-order valence-electron chi connectivity index (χ3n) is 1.95. The van der Waals surface area contributed by atoms with Gasteiger partial charge in [-0.25, -0.2) is 0 Å². The Morgan fingerprint density at radius 3 is 2.23 bits per heavy atom. The van der Waals surface area contributed by atoms with Crippen LogP contribution in [0.5, 0.6) is 0 Å². The number of hydrogen-bond acceptors (Lipinski definition) is 6. The second kappa shape index (κ2) is 5.59. The van der Waals surface area contributed by atoms with Crippen LogP contribution < -0.4 is 35.3 Å². The Kier molecular flexibility index (Phi) is 5.92. The van der Waals surface area contributed by atoms with Crippen LogP contribution >= 0.6 is 0 Å². The number of ether oxygens (including phenoxy) is 1. The van der Waals surface area contributed by atoms with E-state index in [4.69, 9.17) is 20.7 Å². The number of hydrogen-bond donors (Lipinski definition) is 5. The third-order valence-corrected chi connectivity index (χ3v) is 1.95. The number of aliphatic hydroxyl groups is 4. The van der Waals surface area contributed by atoms with E-state index >= 15 is 0 Å². The summed E-state index contributed by atoms with van der Waals surface area (Å²) >= 11 is 0. The molecule has 1 fully saturated rings. The van der Waals surface area contributed by atoms with Gasteiger partial charge < -0.3 is 32.3 Å². The molecule has 1 aliphatic rings. The van der Waals surface area contributed by atoms with E-state index in [1.165, 1.54) is 0 Å². The molecule has 74 valence electrons. The Labute approximate surface area is 99.1 Å². The standard InChI is InChI=1S/C6H13NO5.Na.H/c7-3-5(10)4(9)2(1-8)12-6(3)11;;/h2-6,8-11H,1,7H2;;/q;+1;-1/t2-,3-,4-,5-,6-;;/m1../s1. The van der Waals surface area contributed by atoms with E-state index in [-0.39, 0.29) is 31.0 Å². The van der Waals surface area contributed by atoms with Gasteiger partial charge in [-0.15, -0.1) is 0 Å². The van der Waals surface area contributed by atoms with Crippen molar-refractivity contribution >= 4 is 0 Å². The van der Waals surface area contributed by atoms with E-state index in [0.29, 0.717) is 0 Å². The van der Waals surface area contributed by atoms with Crippen molar-refractivity contribution in [1.29, 1.82) is 0 Å². The van der Waals surface area contributed by atoms with Crippen LogP contribution in [-0.2, 0) is 4.74 Å². The van der Waals surface area contributed by atoms with Crippen LogP contribution in [0, 0.1) is 0 Å². The first-order valence-corrected chi connectivity index (χ1v) is 3.64. The van der Waals surface area contributed by atoms with Crippen molar-refractivity contribution in [1.82, 2.24) is 0 Å². The molecule has 1 aliphatic heterocycles. The molecule has 0 aliphatic carbocycles. The topological polar surface area (TPSA) is 116 Å². The zero-order valence-electron chi connectivity index (χ0n) is 8.37. The summed E-state index contributed by atoms with van der Waals surface area (Å²) in [6.07, 6.45) is -4.85. The summed E-state index contributed by atoms with van der Waals surface area (Å²) in [4.78, 5) is 0. The van der Waals surface area contributed by atoms with Crippen LogP contribution in [0.15, 0.2) is 0 Å². The molecule has 1 rings (SSSR count). The van der Waals surface area contributed by atoms with E-state index in [0.717, 1.165) is 0 Å². The molecule has 0 spiro atoms. The zero-order valence-corrected chi connectivity index (χ0v) is 9.37. The first kappa shape index (κ1) is 13.8. The Morgan fingerprint density at radius 1 is 1.23 bits per heavy atom. The summed E-state index contributed by atoms with van der Waals surface area (Å²) in [5, 5.41) is 36.1. The molecular formula is C6H14NNaO5. The Morgan fingerprint density at radius 2 is 1.77 bits per heavy atom. The van der Waals surface area contributed by atoms with Gasteiger partial charge in [-0.2, -0.15) is 0 Å². The second-order valence-electron chi connectivity index (χ2n) is 2.81. The van der Waals surface area contributed by atoms with Crippen LogP contribution in [0.4, 0.5) is 0 Å². The van der Waals surface area contributed by atoms with E-state index < -0.39 is 37.3 Å². The number of rotatable bonds is 1. The predicted molar refractivity (Wildman–Crippen MR) is 39.1 cm³/mol. The van der Waals surface area contributed by atoms with Crippen LogP contribution in [0.3, 0.4) is 0 Å². The maximum atomic E-state index is 9.20. The number of aliphatic hydroxyl groups excluding tert-OH is 4. The van der Waals surface area contributed by atoms with Crippen molar-refractivity contribution in [3.05, 3.63) is 0 Å². The van der Waals surface area contributed by atoms with Crippen molar-refractivity contribution in [2.75, 3.05) is 6.61 Å². The molecule has 6 N–H and O–H groups in total. The molecule has 7 heteroatoms. The molecular weight excluding hydrogens is 189 g/mol. The molecule has 0 radical (unpaired) electrons. The van der Waals surface area contributed by atoms with Gasteiger partial charge in [0.2, 0.25) is 0 Å². The third kappa shape index (κ3) is 2.85. The van der Waals surface area contributed by atoms with E-state index in [2.05, 4.69) is 0 Å². The fourth-order valence-corrected chi connectivity index (χ4v) is 1.12. The largest absolute Gasteiger partial charge is 1.00 e. The Bertz CT molecular complexity index is 160. The minimum atomic E-state index is -1.35. The quantitative estimate of drug-likeness (QED) is 0.271. The van der Waals surface area contributed by atoms with Gasteiger partial charge in [0.25, 0.3) is 0 Å². The predicted octanol–water partition coefficient (Wildman–Crippen LogP) is -6.14. The van der Waals surface area contributed by atoms with Crippen molar-refractivity contribution < 1.29 is 56.1 Å². The molecule has 0 aromatic heterocycles. The van der Waals surface area contributed by atoms with Crippen molar-refractivity contribution in [2.24, 2.45) is 5.73 Å². The SMILES string of the molecule is N[C@@H]1[C@@H](O)[C@H](O)[C@@H](CO)O[C@H]1O.[H-].[Na+]. The van der Waals surface area contributed by atoms with Gasteiger partial charge in [-0.05, 0) is 0 Å². The molecule has 0 bridgehead atoms. The van der Waals surface area contributed by atoms with Crippen molar-refractivity contribution in [3.63, 3.8) is 0 Å². The van der Waals surface area contributed by atoms with Gasteiger partial charge in [-0.1, -0.05) is 0 Å². The Balaban J connectivity index is 0. The molecule has 5 atom stereocenters. The maximum Gasteiger partial charge on any atom is 1.00 e. The van der Waals surface area contributed by atoms with Crippen LogP contribution in [0.2, 0.25) is 0 Å². The smallest absolute Gasteiger partial charge is 1.00 e. The molecule has 0 aromatic carbocycles. The van der Waals surface area contributed by atoms with Crippen LogP contribution in [0.25, 0.3) is 0 Å². The van der Waals surface area contributed by atoms with Crippen LogP contribution in [-0.4, -0.2) is 57.7 Å². The van der Waals surface area contributed by atoms with E-state index in [9.17, 15) is 10.2 Å². The molecule has 0 saturated carbocycles. The molecule has 13 heavy (non-hydrogen) atoms. The average Bonchev–Trinajstić information content (AvgIpc) is 2.08. The molecule has 6 nitrogen and oxygen atoms in total. The summed E-state index contributed by atoms with van der Waals surface area (Å²) in [5.41, 5.74) is 5.26. The molecule has 1 heterocycles. The summed E-state index contributed by atoms with van der Waals surface area (Å²) in [5.74, 6) is 0. The van der Waals surface area contributed by atoms with Gasteiger partial charge in [0.05, 0.1) is 12.6 Å². The first-order chi connectivity index (χ1) is 5.57. The molecule has 0 unspecified atom stereocenters. The minimum Gasteiger partial charge on any atom is -1.00 e. The zero-order chi connectivity index (χ0) is 9.30. The van der Waals surface area contributed by atoms with E-state index in [1.54, 1.807) is 0 Å².